The number of carbonyl (C=O) groups excluding carboxylic acids is 1. The Balaban J connectivity index is 1.99. The fourth-order valence-electron chi connectivity index (χ4n) is 2.40. The molecular weight excluding hydrogens is 322 g/mol. The van der Waals surface area contributed by atoms with Gasteiger partial charge in [-0.3, -0.25) is 4.79 Å². The first-order valence-corrected chi connectivity index (χ1v) is 7.79. The molecule has 25 heavy (non-hydrogen) atoms. The van der Waals surface area contributed by atoms with E-state index in [0.717, 1.165) is 11.1 Å². The third kappa shape index (κ3) is 4.73. The molecule has 0 saturated heterocycles. The highest BCUT2D eigenvalue weighted by Gasteiger charge is 2.11. The Bertz CT molecular complexity index is 768. The Hall–Kier alpha value is -3.02. The maximum atomic E-state index is 12.2. The van der Waals surface area contributed by atoms with Crippen LogP contribution in [0, 0.1) is 6.92 Å². The lowest BCUT2D eigenvalue weighted by Gasteiger charge is -2.13. The molecule has 6 nitrogen and oxygen atoms in total. The van der Waals surface area contributed by atoms with Crippen molar-refractivity contribution >= 4 is 17.6 Å². The molecular formula is C19H21NO5. The van der Waals surface area contributed by atoms with Crippen LogP contribution in [0.2, 0.25) is 0 Å². The summed E-state index contributed by atoms with van der Waals surface area (Å²) in [5.41, 5.74) is 2.68. The fourth-order valence-corrected chi connectivity index (χ4v) is 2.40. The highest BCUT2D eigenvalue weighted by Crippen LogP contribution is 2.32. The zero-order valence-electron chi connectivity index (χ0n) is 14.5. The number of amides is 1. The second-order valence-electron chi connectivity index (χ2n) is 5.57. The van der Waals surface area contributed by atoms with Gasteiger partial charge in [0.1, 0.15) is 0 Å². The predicted octanol–water partition coefficient (Wildman–Crippen LogP) is 3.28. The average Bonchev–Trinajstić information content (AvgIpc) is 2.61. The average molecular weight is 343 g/mol. The van der Waals surface area contributed by atoms with Gasteiger partial charge >= 0.3 is 5.97 Å². The van der Waals surface area contributed by atoms with Crippen molar-refractivity contribution in [1.29, 1.82) is 0 Å². The number of ether oxygens (including phenoxy) is 2. The molecule has 132 valence electrons. The number of rotatable bonds is 7. The largest absolute Gasteiger partial charge is 0.493 e. The van der Waals surface area contributed by atoms with Crippen molar-refractivity contribution in [3.8, 4) is 11.5 Å². The Labute approximate surface area is 146 Å². The Morgan fingerprint density at radius 1 is 1.04 bits per heavy atom. The minimum Gasteiger partial charge on any atom is -0.493 e. The molecule has 2 N–H and O–H groups in total. The molecule has 0 fully saturated rings. The molecule has 6 heteroatoms. The van der Waals surface area contributed by atoms with E-state index in [-0.39, 0.29) is 11.5 Å². The third-order valence-electron chi connectivity index (χ3n) is 3.85. The van der Waals surface area contributed by atoms with Gasteiger partial charge in [-0.15, -0.1) is 0 Å². The molecule has 0 heterocycles. The number of aryl methyl sites for hydroxylation is 2. The van der Waals surface area contributed by atoms with Gasteiger partial charge in [0.2, 0.25) is 5.91 Å². The van der Waals surface area contributed by atoms with Gasteiger partial charge in [-0.25, -0.2) is 4.79 Å². The van der Waals surface area contributed by atoms with E-state index in [0.29, 0.717) is 30.0 Å². The molecule has 2 rings (SSSR count). The normalized spacial score (nSPS) is 10.2. The lowest BCUT2D eigenvalue weighted by atomic mass is 10.1. The third-order valence-corrected chi connectivity index (χ3v) is 3.85. The number of nitrogens with one attached hydrogen (secondary N) is 1. The molecule has 0 unspecified atom stereocenters. The number of carbonyl (C=O) groups is 2. The van der Waals surface area contributed by atoms with Gasteiger partial charge in [0.15, 0.2) is 11.5 Å². The molecule has 1 amide bonds. The van der Waals surface area contributed by atoms with Crippen molar-refractivity contribution in [2.45, 2.75) is 19.8 Å². The van der Waals surface area contributed by atoms with Crippen LogP contribution in [0.5, 0.6) is 11.5 Å². The Morgan fingerprint density at radius 2 is 1.64 bits per heavy atom. The minimum absolute atomic E-state index is 0.127. The zero-order valence-corrected chi connectivity index (χ0v) is 14.5. The van der Waals surface area contributed by atoms with E-state index in [1.54, 1.807) is 38.5 Å². The summed E-state index contributed by atoms with van der Waals surface area (Å²) in [6.07, 6.45) is 0.818. The fraction of sp³-hybridized carbons (Fsp3) is 0.263. The summed E-state index contributed by atoms with van der Waals surface area (Å²) in [5, 5.41) is 11.7. The summed E-state index contributed by atoms with van der Waals surface area (Å²) in [6.45, 7) is 1.88. The molecule has 0 aliphatic heterocycles. The number of aromatic carboxylic acids is 1. The lowest BCUT2D eigenvalue weighted by molar-refractivity contribution is -0.116. The van der Waals surface area contributed by atoms with Crippen LogP contribution in [-0.4, -0.2) is 31.2 Å². The van der Waals surface area contributed by atoms with Crippen molar-refractivity contribution in [3.05, 3.63) is 53.1 Å². The number of carboxylic acid groups (broad SMARTS) is 1. The smallest absolute Gasteiger partial charge is 0.335 e. The second kappa shape index (κ2) is 8.19. The van der Waals surface area contributed by atoms with Gasteiger partial charge < -0.3 is 19.9 Å². The zero-order chi connectivity index (χ0) is 18.4. The number of anilines is 1. The molecule has 0 radical (unpaired) electrons. The quantitative estimate of drug-likeness (QED) is 0.806. The summed E-state index contributed by atoms with van der Waals surface area (Å²) >= 11 is 0. The minimum atomic E-state index is -0.965. The molecule has 0 saturated carbocycles. The number of hydrogen-bond donors (Lipinski definition) is 2. The standard InChI is InChI=1S/C19H21NO5/c1-12-10-16(24-2)17(25-3)11-15(12)20-18(21)9-6-13-4-7-14(8-5-13)19(22)23/h4-5,7-8,10-11H,6,9H2,1-3H3,(H,20,21)(H,22,23). The van der Waals surface area contributed by atoms with E-state index in [1.165, 1.54) is 12.1 Å². The molecule has 2 aromatic carbocycles. The molecule has 0 aliphatic carbocycles. The van der Waals surface area contributed by atoms with Crippen molar-refractivity contribution in [2.75, 3.05) is 19.5 Å². The number of carboxylic acids is 1. The Morgan fingerprint density at radius 3 is 2.20 bits per heavy atom. The molecule has 0 aromatic heterocycles. The first-order chi connectivity index (χ1) is 11.9. The Kier molecular flexibility index (Phi) is 6.00. The van der Waals surface area contributed by atoms with E-state index in [9.17, 15) is 9.59 Å². The SMILES string of the molecule is COc1cc(C)c(NC(=O)CCc2ccc(C(=O)O)cc2)cc1OC. The monoisotopic (exact) mass is 343 g/mol. The molecule has 2 aromatic rings. The van der Waals surface area contributed by atoms with Crippen LogP contribution in [0.1, 0.15) is 27.9 Å². The summed E-state index contributed by atoms with van der Waals surface area (Å²) < 4.78 is 10.5. The molecule has 0 atom stereocenters. The van der Waals surface area contributed by atoms with Crippen LogP contribution in [0.15, 0.2) is 36.4 Å². The van der Waals surface area contributed by atoms with Gasteiger partial charge in [0.25, 0.3) is 0 Å². The van der Waals surface area contributed by atoms with E-state index in [4.69, 9.17) is 14.6 Å². The van der Waals surface area contributed by atoms with E-state index in [1.807, 2.05) is 6.92 Å². The van der Waals surface area contributed by atoms with Gasteiger partial charge in [-0.2, -0.15) is 0 Å². The predicted molar refractivity (Wildman–Crippen MR) is 94.6 cm³/mol. The number of benzene rings is 2. The van der Waals surface area contributed by atoms with Crippen molar-refractivity contribution in [2.24, 2.45) is 0 Å². The number of methoxy groups -OCH3 is 2. The van der Waals surface area contributed by atoms with Gasteiger partial charge in [-0.05, 0) is 42.7 Å². The maximum Gasteiger partial charge on any atom is 0.335 e. The van der Waals surface area contributed by atoms with Gasteiger partial charge in [0.05, 0.1) is 19.8 Å². The summed E-state index contributed by atoms with van der Waals surface area (Å²) in [4.78, 5) is 23.0. The van der Waals surface area contributed by atoms with E-state index < -0.39 is 5.97 Å². The summed E-state index contributed by atoms with van der Waals surface area (Å²) in [5.74, 6) is 0.0648. The van der Waals surface area contributed by atoms with Crippen LogP contribution < -0.4 is 14.8 Å². The van der Waals surface area contributed by atoms with Gasteiger partial charge in [-0.1, -0.05) is 12.1 Å². The van der Waals surface area contributed by atoms with Crippen LogP contribution in [-0.2, 0) is 11.2 Å². The lowest BCUT2D eigenvalue weighted by Crippen LogP contribution is -2.13. The molecule has 0 bridgehead atoms. The first kappa shape index (κ1) is 18.3. The van der Waals surface area contributed by atoms with Crippen molar-refractivity contribution in [3.63, 3.8) is 0 Å². The summed E-state index contributed by atoms with van der Waals surface area (Å²) in [7, 11) is 3.10. The van der Waals surface area contributed by atoms with Crippen LogP contribution >= 0.6 is 0 Å². The van der Waals surface area contributed by atoms with Crippen LogP contribution in [0.4, 0.5) is 5.69 Å². The van der Waals surface area contributed by atoms with Crippen molar-refractivity contribution < 1.29 is 24.2 Å². The molecule has 0 aliphatic rings. The maximum absolute atomic E-state index is 12.2. The highest BCUT2D eigenvalue weighted by molar-refractivity contribution is 5.92. The highest BCUT2D eigenvalue weighted by atomic mass is 16.5. The second-order valence-corrected chi connectivity index (χ2v) is 5.57. The van der Waals surface area contributed by atoms with E-state index >= 15 is 0 Å². The first-order valence-electron chi connectivity index (χ1n) is 7.79. The number of hydrogen-bond acceptors (Lipinski definition) is 4. The van der Waals surface area contributed by atoms with Crippen LogP contribution in [0.3, 0.4) is 0 Å². The topological polar surface area (TPSA) is 84.9 Å². The van der Waals surface area contributed by atoms with E-state index in [2.05, 4.69) is 5.32 Å². The molecule has 0 spiro atoms. The van der Waals surface area contributed by atoms with Crippen molar-refractivity contribution in [1.82, 2.24) is 0 Å². The van der Waals surface area contributed by atoms with Gasteiger partial charge in [0, 0.05) is 18.2 Å². The van der Waals surface area contributed by atoms with Crippen LogP contribution in [0.25, 0.3) is 0 Å². The summed E-state index contributed by atoms with van der Waals surface area (Å²) in [6, 6.07) is 10.0.